The van der Waals surface area contributed by atoms with E-state index in [1.54, 1.807) is 48.5 Å². The maximum absolute atomic E-state index is 13.4. The number of hydrogen-bond donors (Lipinski definition) is 1. The van der Waals surface area contributed by atoms with Crippen LogP contribution in [0, 0.1) is 6.92 Å². The Balaban J connectivity index is 1.99. The van der Waals surface area contributed by atoms with Gasteiger partial charge in [-0.1, -0.05) is 70.7 Å². The minimum absolute atomic E-state index is 0.0385. The first-order chi connectivity index (χ1) is 14.2. The summed E-state index contributed by atoms with van der Waals surface area (Å²) in [5.41, 5.74) is 1.29. The van der Waals surface area contributed by atoms with Crippen LogP contribution >= 0.6 is 34.8 Å². The van der Waals surface area contributed by atoms with Crippen molar-refractivity contribution < 1.29 is 13.2 Å². The van der Waals surface area contributed by atoms with Gasteiger partial charge in [-0.15, -0.1) is 0 Å². The normalized spacial score (nSPS) is 11.2. The highest BCUT2D eigenvalue weighted by Crippen LogP contribution is 2.32. The van der Waals surface area contributed by atoms with Crippen LogP contribution in [0.1, 0.15) is 5.56 Å². The fourth-order valence-corrected chi connectivity index (χ4v) is 4.94. The van der Waals surface area contributed by atoms with Gasteiger partial charge < -0.3 is 5.32 Å². The van der Waals surface area contributed by atoms with Crippen LogP contribution in [-0.4, -0.2) is 20.9 Å². The summed E-state index contributed by atoms with van der Waals surface area (Å²) in [5, 5.41) is 3.25. The van der Waals surface area contributed by atoms with E-state index in [-0.39, 0.29) is 31.3 Å². The summed E-state index contributed by atoms with van der Waals surface area (Å²) in [6.07, 6.45) is 0. The van der Waals surface area contributed by atoms with Gasteiger partial charge in [-0.25, -0.2) is 8.42 Å². The number of anilines is 2. The zero-order valence-corrected chi connectivity index (χ0v) is 18.9. The second-order valence-electron chi connectivity index (χ2n) is 6.42. The van der Waals surface area contributed by atoms with Crippen molar-refractivity contribution in [1.82, 2.24) is 0 Å². The van der Waals surface area contributed by atoms with E-state index < -0.39 is 22.5 Å². The van der Waals surface area contributed by atoms with Crippen molar-refractivity contribution in [2.75, 3.05) is 16.2 Å². The van der Waals surface area contributed by atoms with E-state index in [0.29, 0.717) is 0 Å². The van der Waals surface area contributed by atoms with Gasteiger partial charge in [0.05, 0.1) is 31.3 Å². The van der Waals surface area contributed by atoms with Crippen LogP contribution in [0.5, 0.6) is 0 Å². The topological polar surface area (TPSA) is 66.5 Å². The van der Waals surface area contributed by atoms with E-state index >= 15 is 0 Å². The average molecular weight is 484 g/mol. The van der Waals surface area contributed by atoms with Crippen molar-refractivity contribution in [1.29, 1.82) is 0 Å². The first kappa shape index (κ1) is 22.4. The number of sulfonamides is 1. The zero-order valence-electron chi connectivity index (χ0n) is 15.8. The molecule has 30 heavy (non-hydrogen) atoms. The third kappa shape index (κ3) is 4.90. The minimum Gasteiger partial charge on any atom is -0.322 e. The third-order valence-corrected chi connectivity index (χ3v) is 6.97. The largest absolute Gasteiger partial charge is 0.322 e. The maximum atomic E-state index is 13.4. The first-order valence-electron chi connectivity index (χ1n) is 8.78. The number of amides is 1. The highest BCUT2D eigenvalue weighted by molar-refractivity contribution is 7.92. The van der Waals surface area contributed by atoms with Crippen molar-refractivity contribution in [3.05, 3.63) is 87.4 Å². The van der Waals surface area contributed by atoms with Crippen LogP contribution in [-0.2, 0) is 14.8 Å². The Morgan fingerprint density at radius 1 is 0.867 bits per heavy atom. The molecule has 0 radical (unpaired) electrons. The molecule has 0 unspecified atom stereocenters. The molecule has 0 saturated heterocycles. The van der Waals surface area contributed by atoms with Crippen molar-refractivity contribution in [3.8, 4) is 0 Å². The number of nitrogens with zero attached hydrogens (tertiary/aromatic N) is 1. The van der Waals surface area contributed by atoms with Gasteiger partial charge in [0.15, 0.2) is 0 Å². The fraction of sp³-hybridized carbons (Fsp3) is 0.0952. The molecule has 0 fully saturated rings. The molecule has 0 aromatic heterocycles. The number of benzene rings is 3. The van der Waals surface area contributed by atoms with Crippen LogP contribution in [0.15, 0.2) is 71.6 Å². The summed E-state index contributed by atoms with van der Waals surface area (Å²) in [5.74, 6) is -0.624. The standard InChI is InChI=1S/C21H17Cl3N2O3S/c1-14-9-11-15(12-10-14)30(28,29)26(19-8-3-2-5-16(19)22)13-20(27)25-21-17(23)6-4-7-18(21)24/h2-12H,13H2,1H3,(H,25,27). The highest BCUT2D eigenvalue weighted by Gasteiger charge is 2.29. The van der Waals surface area contributed by atoms with Crippen LogP contribution in [0.3, 0.4) is 0 Å². The number of rotatable bonds is 6. The van der Waals surface area contributed by atoms with Gasteiger partial charge >= 0.3 is 0 Å². The smallest absolute Gasteiger partial charge is 0.264 e. The predicted octanol–water partition coefficient (Wildman–Crippen LogP) is 5.79. The summed E-state index contributed by atoms with van der Waals surface area (Å²) in [6, 6.07) is 17.5. The van der Waals surface area contributed by atoms with Crippen LogP contribution in [0.4, 0.5) is 11.4 Å². The molecule has 3 aromatic carbocycles. The van der Waals surface area contributed by atoms with Gasteiger partial charge in [0.1, 0.15) is 6.54 Å². The van der Waals surface area contributed by atoms with Gasteiger partial charge in [0.2, 0.25) is 5.91 Å². The highest BCUT2D eigenvalue weighted by atomic mass is 35.5. The molecule has 156 valence electrons. The lowest BCUT2D eigenvalue weighted by Crippen LogP contribution is -2.38. The average Bonchev–Trinajstić information content (AvgIpc) is 2.70. The molecule has 9 heteroatoms. The summed E-state index contributed by atoms with van der Waals surface area (Å²) >= 11 is 18.5. The molecular formula is C21H17Cl3N2O3S. The predicted molar refractivity (Wildman–Crippen MR) is 122 cm³/mol. The van der Waals surface area contributed by atoms with E-state index in [1.807, 2.05) is 6.92 Å². The lowest BCUT2D eigenvalue weighted by molar-refractivity contribution is -0.114. The second-order valence-corrected chi connectivity index (χ2v) is 9.50. The quantitative estimate of drug-likeness (QED) is 0.482. The van der Waals surface area contributed by atoms with E-state index in [9.17, 15) is 13.2 Å². The second kappa shape index (κ2) is 9.27. The molecule has 5 nitrogen and oxygen atoms in total. The number of hydrogen-bond acceptors (Lipinski definition) is 3. The number of halogens is 3. The fourth-order valence-electron chi connectivity index (χ4n) is 2.72. The van der Waals surface area contributed by atoms with E-state index in [0.717, 1.165) is 9.87 Å². The van der Waals surface area contributed by atoms with Crippen LogP contribution in [0.2, 0.25) is 15.1 Å². The number of carbonyl (C=O) groups excluding carboxylic acids is 1. The summed E-state index contributed by atoms with van der Waals surface area (Å²) in [4.78, 5) is 12.8. The van der Waals surface area contributed by atoms with E-state index in [2.05, 4.69) is 5.32 Å². The lowest BCUT2D eigenvalue weighted by Gasteiger charge is -2.25. The lowest BCUT2D eigenvalue weighted by atomic mass is 10.2. The number of carbonyl (C=O) groups is 1. The molecule has 0 aliphatic rings. The molecule has 0 saturated carbocycles. The van der Waals surface area contributed by atoms with E-state index in [1.165, 1.54) is 18.2 Å². The van der Waals surface area contributed by atoms with Gasteiger partial charge in [-0.2, -0.15) is 0 Å². The molecule has 0 aliphatic heterocycles. The van der Waals surface area contributed by atoms with Crippen molar-refractivity contribution in [2.24, 2.45) is 0 Å². The monoisotopic (exact) mass is 482 g/mol. The molecule has 0 bridgehead atoms. The molecular weight excluding hydrogens is 467 g/mol. The Hall–Kier alpha value is -2.25. The Bertz CT molecular complexity index is 1160. The summed E-state index contributed by atoms with van der Waals surface area (Å²) < 4.78 is 27.7. The molecule has 0 heterocycles. The maximum Gasteiger partial charge on any atom is 0.264 e. The van der Waals surface area contributed by atoms with Gasteiger partial charge in [0.25, 0.3) is 10.0 Å². The SMILES string of the molecule is Cc1ccc(S(=O)(=O)N(CC(=O)Nc2c(Cl)cccc2Cl)c2ccccc2Cl)cc1. The third-order valence-electron chi connectivity index (χ3n) is 4.24. The Kier molecular flexibility index (Phi) is 6.93. The zero-order chi connectivity index (χ0) is 21.9. The Labute approximate surface area is 190 Å². The molecule has 1 amide bonds. The summed E-state index contributed by atoms with van der Waals surface area (Å²) in [6.45, 7) is 1.32. The molecule has 0 spiro atoms. The van der Waals surface area contributed by atoms with Crippen molar-refractivity contribution >= 4 is 62.1 Å². The number of nitrogens with one attached hydrogen (secondary N) is 1. The Morgan fingerprint density at radius 3 is 2.03 bits per heavy atom. The van der Waals surface area contributed by atoms with Crippen LogP contribution in [0.25, 0.3) is 0 Å². The molecule has 3 rings (SSSR count). The minimum atomic E-state index is -4.08. The number of para-hydroxylation sites is 2. The first-order valence-corrected chi connectivity index (χ1v) is 11.4. The van der Waals surface area contributed by atoms with Crippen molar-refractivity contribution in [3.63, 3.8) is 0 Å². The van der Waals surface area contributed by atoms with Gasteiger partial charge in [0, 0.05) is 0 Å². The molecule has 1 N–H and O–H groups in total. The van der Waals surface area contributed by atoms with Gasteiger partial charge in [-0.05, 0) is 43.3 Å². The number of aryl methyl sites for hydroxylation is 1. The van der Waals surface area contributed by atoms with Crippen LogP contribution < -0.4 is 9.62 Å². The molecule has 3 aromatic rings. The van der Waals surface area contributed by atoms with Crippen molar-refractivity contribution in [2.45, 2.75) is 11.8 Å². The van der Waals surface area contributed by atoms with E-state index in [4.69, 9.17) is 34.8 Å². The van der Waals surface area contributed by atoms with Gasteiger partial charge in [-0.3, -0.25) is 9.10 Å². The Morgan fingerprint density at radius 2 is 1.43 bits per heavy atom. The molecule has 0 atom stereocenters. The summed E-state index contributed by atoms with van der Waals surface area (Å²) in [7, 11) is -4.08. The molecule has 0 aliphatic carbocycles.